The van der Waals surface area contributed by atoms with Crippen molar-refractivity contribution in [3.05, 3.63) is 59.9 Å². The third-order valence-corrected chi connectivity index (χ3v) is 6.11. The first-order chi connectivity index (χ1) is 13.8. The van der Waals surface area contributed by atoms with Crippen LogP contribution in [0.2, 0.25) is 0 Å². The first-order valence-corrected chi connectivity index (χ1v) is 10.2. The second-order valence-electron chi connectivity index (χ2n) is 7.79. The number of carbonyl (C=O) groups excluding carboxylic acids is 1. The lowest BCUT2D eigenvalue weighted by atomic mass is 9.97. The number of nitrogens with one attached hydrogen (secondary N) is 1. The average molecular weight is 375 g/mol. The Bertz CT molecular complexity index is 986. The Balaban J connectivity index is 1.42. The highest BCUT2D eigenvalue weighted by atomic mass is 16.2. The molecule has 1 unspecified atom stereocenters. The standard InChI is InChI=1S/C22H25N5O/c28-22(20-15-27(25-24-20)17-10-12-23-13-11-17)26-14-4-9-21(26)19-8-3-6-16-5-1-2-7-18(16)19/h1-3,5-8,15,17,21,23H,4,9-14H2. The van der Waals surface area contributed by atoms with E-state index in [2.05, 4.69) is 58.1 Å². The Kier molecular flexibility index (Phi) is 4.56. The van der Waals surface area contributed by atoms with Crippen LogP contribution < -0.4 is 5.32 Å². The largest absolute Gasteiger partial charge is 0.330 e. The smallest absolute Gasteiger partial charge is 0.276 e. The molecule has 1 aromatic heterocycles. The van der Waals surface area contributed by atoms with Crippen molar-refractivity contribution in [2.24, 2.45) is 0 Å². The van der Waals surface area contributed by atoms with E-state index in [1.54, 1.807) is 0 Å². The number of hydrogen-bond donors (Lipinski definition) is 1. The highest BCUT2D eigenvalue weighted by Gasteiger charge is 2.33. The van der Waals surface area contributed by atoms with Gasteiger partial charge in [0.25, 0.3) is 5.91 Å². The van der Waals surface area contributed by atoms with E-state index >= 15 is 0 Å². The topological polar surface area (TPSA) is 63.1 Å². The predicted octanol–water partition coefficient (Wildman–Crippen LogP) is 3.33. The summed E-state index contributed by atoms with van der Waals surface area (Å²) in [6.07, 6.45) is 5.90. The van der Waals surface area contributed by atoms with Gasteiger partial charge in [0.05, 0.1) is 18.3 Å². The van der Waals surface area contributed by atoms with Gasteiger partial charge in [0.15, 0.2) is 5.69 Å². The van der Waals surface area contributed by atoms with E-state index < -0.39 is 0 Å². The number of carbonyl (C=O) groups is 1. The zero-order chi connectivity index (χ0) is 18.9. The molecule has 2 aliphatic rings. The fraction of sp³-hybridized carbons (Fsp3) is 0.409. The molecule has 1 amide bonds. The summed E-state index contributed by atoms with van der Waals surface area (Å²) in [5.41, 5.74) is 1.69. The molecule has 0 radical (unpaired) electrons. The van der Waals surface area contributed by atoms with E-state index in [0.717, 1.165) is 45.3 Å². The van der Waals surface area contributed by atoms with E-state index in [9.17, 15) is 4.79 Å². The number of amides is 1. The van der Waals surface area contributed by atoms with Gasteiger partial charge in [-0.3, -0.25) is 4.79 Å². The van der Waals surface area contributed by atoms with Crippen molar-refractivity contribution < 1.29 is 4.79 Å². The Morgan fingerprint density at radius 1 is 1.04 bits per heavy atom. The molecule has 2 saturated heterocycles. The van der Waals surface area contributed by atoms with Crippen LogP contribution in [0.1, 0.15) is 53.8 Å². The van der Waals surface area contributed by atoms with Gasteiger partial charge in [-0.15, -0.1) is 5.10 Å². The first-order valence-electron chi connectivity index (χ1n) is 10.2. The molecule has 5 rings (SSSR count). The van der Waals surface area contributed by atoms with Crippen LogP contribution >= 0.6 is 0 Å². The summed E-state index contributed by atoms with van der Waals surface area (Å²) in [4.78, 5) is 15.2. The molecular weight excluding hydrogens is 350 g/mol. The monoisotopic (exact) mass is 375 g/mol. The number of benzene rings is 2. The van der Waals surface area contributed by atoms with Crippen molar-refractivity contribution in [1.29, 1.82) is 0 Å². The summed E-state index contributed by atoms with van der Waals surface area (Å²) in [5, 5.41) is 14.3. The highest BCUT2D eigenvalue weighted by Crippen LogP contribution is 2.36. The highest BCUT2D eigenvalue weighted by molar-refractivity contribution is 5.93. The average Bonchev–Trinajstić information content (AvgIpc) is 3.43. The summed E-state index contributed by atoms with van der Waals surface area (Å²) in [6, 6.07) is 15.2. The lowest BCUT2D eigenvalue weighted by Gasteiger charge is -2.25. The van der Waals surface area contributed by atoms with E-state index in [1.807, 2.05) is 15.8 Å². The first kappa shape index (κ1) is 17.4. The van der Waals surface area contributed by atoms with Crippen LogP contribution in [0.25, 0.3) is 10.8 Å². The van der Waals surface area contributed by atoms with Crippen molar-refractivity contribution in [3.8, 4) is 0 Å². The molecule has 6 nitrogen and oxygen atoms in total. The molecule has 0 bridgehead atoms. The molecule has 2 aliphatic heterocycles. The fourth-order valence-electron chi connectivity index (χ4n) is 4.65. The maximum atomic E-state index is 13.3. The molecule has 2 fully saturated rings. The summed E-state index contributed by atoms with van der Waals surface area (Å²) in [7, 11) is 0. The van der Waals surface area contributed by atoms with Crippen LogP contribution in [0.3, 0.4) is 0 Å². The molecule has 144 valence electrons. The van der Waals surface area contributed by atoms with Crippen LogP contribution in [-0.2, 0) is 0 Å². The zero-order valence-corrected chi connectivity index (χ0v) is 15.9. The second-order valence-corrected chi connectivity index (χ2v) is 7.79. The lowest BCUT2D eigenvalue weighted by Crippen LogP contribution is -2.31. The van der Waals surface area contributed by atoms with Gasteiger partial charge in [0, 0.05) is 6.54 Å². The summed E-state index contributed by atoms with van der Waals surface area (Å²) in [5.74, 6) is -0.00406. The fourth-order valence-corrected chi connectivity index (χ4v) is 4.65. The molecule has 1 atom stereocenters. The Labute approximate surface area is 164 Å². The minimum atomic E-state index is -0.00406. The number of rotatable bonds is 3. The van der Waals surface area contributed by atoms with Crippen molar-refractivity contribution >= 4 is 16.7 Å². The van der Waals surface area contributed by atoms with Gasteiger partial charge in [-0.1, -0.05) is 47.7 Å². The van der Waals surface area contributed by atoms with Crippen molar-refractivity contribution in [2.75, 3.05) is 19.6 Å². The molecular formula is C22H25N5O. The molecule has 0 saturated carbocycles. The Hall–Kier alpha value is -2.73. The molecule has 28 heavy (non-hydrogen) atoms. The summed E-state index contributed by atoms with van der Waals surface area (Å²) >= 11 is 0. The van der Waals surface area contributed by atoms with Crippen LogP contribution in [0.4, 0.5) is 0 Å². The van der Waals surface area contributed by atoms with Crippen LogP contribution in [0.15, 0.2) is 48.7 Å². The molecule has 0 aliphatic carbocycles. The minimum absolute atomic E-state index is 0.00406. The normalized spacial score (nSPS) is 20.7. The third kappa shape index (κ3) is 3.07. The number of piperidine rings is 1. The van der Waals surface area contributed by atoms with E-state index in [-0.39, 0.29) is 11.9 Å². The van der Waals surface area contributed by atoms with Crippen LogP contribution in [0, 0.1) is 0 Å². The lowest BCUT2D eigenvalue weighted by molar-refractivity contribution is 0.0730. The number of aromatic nitrogens is 3. The molecule has 2 aromatic carbocycles. The van der Waals surface area contributed by atoms with Gasteiger partial charge >= 0.3 is 0 Å². The van der Waals surface area contributed by atoms with Crippen LogP contribution in [-0.4, -0.2) is 45.4 Å². The second kappa shape index (κ2) is 7.36. The van der Waals surface area contributed by atoms with Gasteiger partial charge in [0.1, 0.15) is 0 Å². The van der Waals surface area contributed by atoms with Gasteiger partial charge < -0.3 is 10.2 Å². The van der Waals surface area contributed by atoms with Gasteiger partial charge in [-0.25, -0.2) is 4.68 Å². The number of nitrogens with zero attached hydrogens (tertiary/aromatic N) is 4. The van der Waals surface area contributed by atoms with E-state index in [4.69, 9.17) is 0 Å². The molecule has 1 N–H and O–H groups in total. The molecule has 6 heteroatoms. The van der Waals surface area contributed by atoms with Crippen molar-refractivity contribution in [3.63, 3.8) is 0 Å². The number of likely N-dealkylation sites (tertiary alicyclic amines) is 1. The van der Waals surface area contributed by atoms with Crippen LogP contribution in [0.5, 0.6) is 0 Å². The molecule has 0 spiro atoms. The number of fused-ring (bicyclic) bond motifs is 1. The SMILES string of the molecule is O=C(c1cn(C2CCNCC2)nn1)N1CCCC1c1cccc2ccccc12. The third-order valence-electron chi connectivity index (χ3n) is 6.11. The maximum absolute atomic E-state index is 13.3. The van der Waals surface area contributed by atoms with Gasteiger partial charge in [-0.05, 0) is 55.1 Å². The molecule has 3 heterocycles. The van der Waals surface area contributed by atoms with Crippen molar-refractivity contribution in [2.45, 2.75) is 37.8 Å². The van der Waals surface area contributed by atoms with Crippen molar-refractivity contribution in [1.82, 2.24) is 25.2 Å². The Morgan fingerprint density at radius 3 is 2.75 bits per heavy atom. The van der Waals surface area contributed by atoms with Gasteiger partial charge in [-0.2, -0.15) is 0 Å². The minimum Gasteiger partial charge on any atom is -0.330 e. The van der Waals surface area contributed by atoms with Gasteiger partial charge in [0.2, 0.25) is 0 Å². The summed E-state index contributed by atoms with van der Waals surface area (Å²) in [6.45, 7) is 2.75. The maximum Gasteiger partial charge on any atom is 0.276 e. The van der Waals surface area contributed by atoms with E-state index in [1.165, 1.54) is 16.3 Å². The Morgan fingerprint density at radius 2 is 1.86 bits per heavy atom. The number of hydrogen-bond acceptors (Lipinski definition) is 4. The van der Waals surface area contributed by atoms with E-state index in [0.29, 0.717) is 11.7 Å². The zero-order valence-electron chi connectivity index (χ0n) is 15.9. The predicted molar refractivity (Wildman–Crippen MR) is 108 cm³/mol. The quantitative estimate of drug-likeness (QED) is 0.763. The molecule has 3 aromatic rings. The summed E-state index contributed by atoms with van der Waals surface area (Å²) < 4.78 is 1.89.